The molecule has 2 aromatic carbocycles. The van der Waals surface area contributed by atoms with Crippen LogP contribution in [0.3, 0.4) is 0 Å². The van der Waals surface area contributed by atoms with Crippen LogP contribution in [-0.2, 0) is 4.79 Å². The summed E-state index contributed by atoms with van der Waals surface area (Å²) in [5, 5.41) is 16.8. The van der Waals surface area contributed by atoms with E-state index in [0.717, 1.165) is 38.4 Å². The van der Waals surface area contributed by atoms with Gasteiger partial charge in [-0.3, -0.25) is 19.8 Å². The quantitative estimate of drug-likeness (QED) is 0.345. The van der Waals surface area contributed by atoms with Crippen molar-refractivity contribution in [2.24, 2.45) is 0 Å². The fourth-order valence-corrected chi connectivity index (χ4v) is 3.68. The first-order valence-electron chi connectivity index (χ1n) is 10.8. The molecule has 1 heterocycles. The molecule has 0 atom stereocenters. The monoisotopic (exact) mass is 425 g/mol. The van der Waals surface area contributed by atoms with Gasteiger partial charge < -0.3 is 15.5 Å². The van der Waals surface area contributed by atoms with Crippen LogP contribution in [0.4, 0.5) is 17.1 Å². The molecule has 2 aromatic rings. The molecule has 31 heavy (non-hydrogen) atoms. The number of hydrogen-bond donors (Lipinski definition) is 2. The topological polar surface area (TPSA) is 90.8 Å². The Morgan fingerprint density at radius 3 is 2.48 bits per heavy atom. The van der Waals surface area contributed by atoms with E-state index in [1.54, 1.807) is 12.1 Å². The number of benzene rings is 2. The van der Waals surface area contributed by atoms with Crippen molar-refractivity contribution < 1.29 is 9.72 Å². The molecule has 8 nitrogen and oxygen atoms in total. The summed E-state index contributed by atoms with van der Waals surface area (Å²) in [4.78, 5) is 27.1. The number of aryl methyl sites for hydroxylation is 1. The summed E-state index contributed by atoms with van der Waals surface area (Å²) in [6.45, 7) is 8.32. The van der Waals surface area contributed by atoms with E-state index in [0.29, 0.717) is 25.9 Å². The number of anilines is 2. The SMILES string of the molecule is Cc1cccc(N2CCN(CCNC(=O)CCCNc3ccc([N+](=O)[O-])cc3)CC2)c1. The number of nitrogens with zero attached hydrogens (tertiary/aromatic N) is 3. The van der Waals surface area contributed by atoms with E-state index in [1.165, 1.54) is 23.4 Å². The average Bonchev–Trinajstić information content (AvgIpc) is 2.77. The zero-order valence-electron chi connectivity index (χ0n) is 18.0. The number of amides is 1. The summed E-state index contributed by atoms with van der Waals surface area (Å²) in [7, 11) is 0. The first kappa shape index (κ1) is 22.6. The third-order valence-electron chi connectivity index (χ3n) is 5.48. The first-order valence-corrected chi connectivity index (χ1v) is 10.8. The predicted octanol–water partition coefficient (Wildman–Crippen LogP) is 3.03. The lowest BCUT2D eigenvalue weighted by molar-refractivity contribution is -0.384. The van der Waals surface area contributed by atoms with Gasteiger partial charge in [0.05, 0.1) is 4.92 Å². The summed E-state index contributed by atoms with van der Waals surface area (Å²) >= 11 is 0. The summed E-state index contributed by atoms with van der Waals surface area (Å²) in [6.07, 6.45) is 1.17. The van der Waals surface area contributed by atoms with E-state index >= 15 is 0 Å². The van der Waals surface area contributed by atoms with Gasteiger partial charge in [0.1, 0.15) is 0 Å². The van der Waals surface area contributed by atoms with Gasteiger partial charge in [-0.15, -0.1) is 0 Å². The molecule has 1 fully saturated rings. The fourth-order valence-electron chi connectivity index (χ4n) is 3.68. The molecule has 1 saturated heterocycles. The van der Waals surface area contributed by atoms with E-state index in [2.05, 4.69) is 51.6 Å². The van der Waals surface area contributed by atoms with Gasteiger partial charge >= 0.3 is 0 Å². The number of rotatable bonds is 10. The van der Waals surface area contributed by atoms with Crippen molar-refractivity contribution in [3.05, 3.63) is 64.2 Å². The maximum absolute atomic E-state index is 12.0. The van der Waals surface area contributed by atoms with Crippen molar-refractivity contribution in [3.8, 4) is 0 Å². The lowest BCUT2D eigenvalue weighted by Crippen LogP contribution is -2.48. The largest absolute Gasteiger partial charge is 0.385 e. The molecule has 8 heteroatoms. The number of carbonyl (C=O) groups is 1. The van der Waals surface area contributed by atoms with Crippen molar-refractivity contribution in [1.82, 2.24) is 10.2 Å². The normalized spacial score (nSPS) is 14.3. The lowest BCUT2D eigenvalue weighted by Gasteiger charge is -2.36. The van der Waals surface area contributed by atoms with Crippen LogP contribution < -0.4 is 15.5 Å². The van der Waals surface area contributed by atoms with Gasteiger partial charge in [0.2, 0.25) is 5.91 Å². The van der Waals surface area contributed by atoms with Crippen LogP contribution in [0.2, 0.25) is 0 Å². The average molecular weight is 426 g/mol. The molecular weight excluding hydrogens is 394 g/mol. The second-order valence-electron chi connectivity index (χ2n) is 7.85. The molecule has 1 aliphatic rings. The summed E-state index contributed by atoms with van der Waals surface area (Å²) in [6, 6.07) is 14.9. The van der Waals surface area contributed by atoms with Crippen LogP contribution >= 0.6 is 0 Å². The Morgan fingerprint density at radius 2 is 1.81 bits per heavy atom. The molecule has 0 radical (unpaired) electrons. The zero-order chi connectivity index (χ0) is 22.1. The number of hydrogen-bond acceptors (Lipinski definition) is 6. The molecule has 2 N–H and O–H groups in total. The van der Waals surface area contributed by atoms with Crippen LogP contribution in [0.5, 0.6) is 0 Å². The highest BCUT2D eigenvalue weighted by atomic mass is 16.6. The minimum absolute atomic E-state index is 0.0592. The first-order chi connectivity index (χ1) is 15.0. The van der Waals surface area contributed by atoms with E-state index in [4.69, 9.17) is 0 Å². The Bertz CT molecular complexity index is 864. The van der Waals surface area contributed by atoms with Crippen molar-refractivity contribution in [2.75, 3.05) is 56.0 Å². The second kappa shape index (κ2) is 11.3. The molecule has 0 unspecified atom stereocenters. The molecule has 0 spiro atoms. The van der Waals surface area contributed by atoms with Gasteiger partial charge in [-0.2, -0.15) is 0 Å². The van der Waals surface area contributed by atoms with Gasteiger partial charge in [-0.05, 0) is 43.2 Å². The maximum atomic E-state index is 12.0. The molecular formula is C23H31N5O3. The van der Waals surface area contributed by atoms with Gasteiger partial charge in [0.25, 0.3) is 5.69 Å². The summed E-state index contributed by atoms with van der Waals surface area (Å²) < 4.78 is 0. The minimum atomic E-state index is -0.419. The van der Waals surface area contributed by atoms with E-state index in [-0.39, 0.29) is 11.6 Å². The second-order valence-corrected chi connectivity index (χ2v) is 7.85. The molecule has 3 rings (SSSR count). The fraction of sp³-hybridized carbons (Fsp3) is 0.435. The van der Waals surface area contributed by atoms with Gasteiger partial charge in [0, 0.05) is 75.7 Å². The highest BCUT2D eigenvalue weighted by molar-refractivity contribution is 5.75. The maximum Gasteiger partial charge on any atom is 0.269 e. The number of nitrogens with one attached hydrogen (secondary N) is 2. The third-order valence-corrected chi connectivity index (χ3v) is 5.48. The van der Waals surface area contributed by atoms with E-state index in [9.17, 15) is 14.9 Å². The zero-order valence-corrected chi connectivity index (χ0v) is 18.0. The number of carbonyl (C=O) groups excluding carboxylic acids is 1. The number of piperazine rings is 1. The van der Waals surface area contributed by atoms with Crippen LogP contribution in [-0.4, -0.2) is 61.5 Å². The highest BCUT2D eigenvalue weighted by Crippen LogP contribution is 2.18. The van der Waals surface area contributed by atoms with Crippen LogP contribution in [0.25, 0.3) is 0 Å². The van der Waals surface area contributed by atoms with Crippen molar-refractivity contribution in [3.63, 3.8) is 0 Å². The smallest absolute Gasteiger partial charge is 0.269 e. The van der Waals surface area contributed by atoms with Gasteiger partial charge in [-0.1, -0.05) is 12.1 Å². The van der Waals surface area contributed by atoms with Crippen molar-refractivity contribution in [2.45, 2.75) is 19.8 Å². The lowest BCUT2D eigenvalue weighted by atomic mass is 10.2. The Balaban J connectivity index is 1.25. The van der Waals surface area contributed by atoms with Crippen LogP contribution in [0, 0.1) is 17.0 Å². The van der Waals surface area contributed by atoms with Crippen LogP contribution in [0.1, 0.15) is 18.4 Å². The number of nitro benzene ring substituents is 1. The highest BCUT2D eigenvalue weighted by Gasteiger charge is 2.17. The summed E-state index contributed by atoms with van der Waals surface area (Å²) in [5.41, 5.74) is 3.46. The molecule has 0 bridgehead atoms. The molecule has 1 amide bonds. The Morgan fingerprint density at radius 1 is 1.06 bits per heavy atom. The molecule has 1 aliphatic heterocycles. The third kappa shape index (κ3) is 7.25. The molecule has 0 saturated carbocycles. The minimum Gasteiger partial charge on any atom is -0.385 e. The Labute approximate surface area is 183 Å². The van der Waals surface area contributed by atoms with Gasteiger partial charge in [-0.25, -0.2) is 0 Å². The van der Waals surface area contributed by atoms with Gasteiger partial charge in [0.15, 0.2) is 0 Å². The Kier molecular flexibility index (Phi) is 8.23. The number of non-ortho nitro benzene ring substituents is 1. The predicted molar refractivity (Wildman–Crippen MR) is 124 cm³/mol. The molecule has 0 aromatic heterocycles. The Hall–Kier alpha value is -3.13. The molecule has 0 aliphatic carbocycles. The molecule has 166 valence electrons. The summed E-state index contributed by atoms with van der Waals surface area (Å²) in [5.74, 6) is 0.0592. The van der Waals surface area contributed by atoms with Crippen molar-refractivity contribution >= 4 is 23.0 Å². The van der Waals surface area contributed by atoms with Crippen molar-refractivity contribution in [1.29, 1.82) is 0 Å². The standard InChI is InChI=1S/C23H31N5O3/c1-19-4-2-5-22(18-19)27-16-14-26(15-17-27)13-12-25-23(29)6-3-11-24-20-7-9-21(10-8-20)28(30)31/h2,4-5,7-10,18,24H,3,6,11-17H2,1H3,(H,25,29). The number of nitro groups is 1. The van der Waals surface area contributed by atoms with Crippen LogP contribution in [0.15, 0.2) is 48.5 Å². The van der Waals surface area contributed by atoms with E-state index < -0.39 is 4.92 Å². The van der Waals surface area contributed by atoms with E-state index in [1.807, 2.05) is 0 Å².